The number of piperidine rings is 3. The molecule has 6 heteroatoms. The molecule has 0 aromatic heterocycles. The summed E-state index contributed by atoms with van der Waals surface area (Å²) in [5.41, 5.74) is 1.23. The molecular formula is C22H24FNO4. The molecule has 5 nitrogen and oxygen atoms in total. The predicted molar refractivity (Wildman–Crippen MR) is 102 cm³/mol. The molecule has 0 amide bonds. The number of ether oxygens (including phenoxy) is 3. The van der Waals surface area contributed by atoms with Gasteiger partial charge in [0.05, 0.1) is 7.11 Å². The van der Waals surface area contributed by atoms with Crippen LogP contribution in [0.1, 0.15) is 30.1 Å². The van der Waals surface area contributed by atoms with Gasteiger partial charge in [-0.3, -0.25) is 4.90 Å². The SMILES string of the molecule is COc1cccc(C(OC(=O)O[C@H]2CN3CCC2CC3)c2cccc(F)c2)c1. The topological polar surface area (TPSA) is 48.0 Å². The van der Waals surface area contributed by atoms with Gasteiger partial charge in [-0.05, 0) is 56.1 Å². The van der Waals surface area contributed by atoms with Crippen molar-refractivity contribution in [3.63, 3.8) is 0 Å². The summed E-state index contributed by atoms with van der Waals surface area (Å²) >= 11 is 0. The number of hydrogen-bond donors (Lipinski definition) is 0. The second kappa shape index (κ2) is 8.19. The van der Waals surface area contributed by atoms with Gasteiger partial charge in [-0.2, -0.15) is 0 Å². The number of methoxy groups -OCH3 is 1. The third-order valence-electron chi connectivity index (χ3n) is 5.61. The first-order valence-electron chi connectivity index (χ1n) is 9.61. The molecule has 148 valence electrons. The molecule has 0 aliphatic carbocycles. The predicted octanol–water partition coefficient (Wildman–Crippen LogP) is 4.17. The number of benzene rings is 2. The Hall–Kier alpha value is -2.60. The largest absolute Gasteiger partial charge is 0.509 e. The van der Waals surface area contributed by atoms with Crippen molar-refractivity contribution >= 4 is 6.16 Å². The van der Waals surface area contributed by atoms with E-state index in [9.17, 15) is 9.18 Å². The molecule has 3 aliphatic heterocycles. The van der Waals surface area contributed by atoms with Gasteiger partial charge in [0, 0.05) is 17.7 Å². The highest BCUT2D eigenvalue weighted by atomic mass is 19.1. The Morgan fingerprint density at radius 2 is 1.82 bits per heavy atom. The molecule has 2 bridgehead atoms. The van der Waals surface area contributed by atoms with Crippen LogP contribution < -0.4 is 4.74 Å². The molecule has 3 fully saturated rings. The number of nitrogens with zero attached hydrogens (tertiary/aromatic N) is 1. The third-order valence-corrected chi connectivity index (χ3v) is 5.61. The van der Waals surface area contributed by atoms with Gasteiger partial charge in [-0.1, -0.05) is 24.3 Å². The summed E-state index contributed by atoms with van der Waals surface area (Å²) in [6.07, 6.45) is 0.436. The van der Waals surface area contributed by atoms with Crippen molar-refractivity contribution in [1.82, 2.24) is 4.90 Å². The van der Waals surface area contributed by atoms with Crippen molar-refractivity contribution in [2.45, 2.75) is 25.0 Å². The van der Waals surface area contributed by atoms with Crippen LogP contribution >= 0.6 is 0 Å². The standard InChI is InChI=1S/C22H24FNO4/c1-26-19-7-3-5-17(13-19)21(16-4-2-6-18(23)12-16)28-22(25)27-20-14-24-10-8-15(20)9-11-24/h2-7,12-13,15,20-21H,8-11,14H2,1H3/t20-,21?/m0/s1. The lowest BCUT2D eigenvalue weighted by Crippen LogP contribution is -2.52. The van der Waals surface area contributed by atoms with Crippen LogP contribution in [0.5, 0.6) is 5.75 Å². The zero-order valence-electron chi connectivity index (χ0n) is 15.8. The van der Waals surface area contributed by atoms with Crippen LogP contribution in [0.4, 0.5) is 9.18 Å². The summed E-state index contributed by atoms with van der Waals surface area (Å²) in [6, 6.07) is 13.3. The molecule has 0 radical (unpaired) electrons. The number of carbonyl (C=O) groups is 1. The highest BCUT2D eigenvalue weighted by Gasteiger charge is 2.37. The van der Waals surface area contributed by atoms with E-state index >= 15 is 0 Å². The summed E-state index contributed by atoms with van der Waals surface area (Å²) in [4.78, 5) is 14.9. The Bertz CT molecular complexity index is 835. The van der Waals surface area contributed by atoms with Gasteiger partial charge >= 0.3 is 6.16 Å². The summed E-state index contributed by atoms with van der Waals surface area (Å²) in [6.45, 7) is 2.88. The monoisotopic (exact) mass is 385 g/mol. The molecule has 28 heavy (non-hydrogen) atoms. The van der Waals surface area contributed by atoms with E-state index in [0.29, 0.717) is 22.8 Å². The Balaban J connectivity index is 1.54. The van der Waals surface area contributed by atoms with Crippen LogP contribution in [-0.4, -0.2) is 43.9 Å². The van der Waals surface area contributed by atoms with Crippen molar-refractivity contribution in [2.24, 2.45) is 5.92 Å². The zero-order valence-corrected chi connectivity index (χ0v) is 15.8. The Kier molecular flexibility index (Phi) is 5.48. The van der Waals surface area contributed by atoms with Crippen molar-refractivity contribution in [3.8, 4) is 5.75 Å². The normalized spacial score (nSPS) is 24.4. The van der Waals surface area contributed by atoms with Crippen LogP contribution in [0.2, 0.25) is 0 Å². The first-order chi connectivity index (χ1) is 13.6. The number of hydrogen-bond acceptors (Lipinski definition) is 5. The van der Waals surface area contributed by atoms with Crippen molar-refractivity contribution < 1.29 is 23.4 Å². The molecule has 3 aliphatic rings. The molecule has 5 rings (SSSR count). The van der Waals surface area contributed by atoms with E-state index < -0.39 is 12.3 Å². The van der Waals surface area contributed by atoms with E-state index in [0.717, 1.165) is 32.5 Å². The maximum absolute atomic E-state index is 13.8. The van der Waals surface area contributed by atoms with E-state index in [2.05, 4.69) is 4.90 Å². The quantitative estimate of drug-likeness (QED) is 0.723. The summed E-state index contributed by atoms with van der Waals surface area (Å²) < 4.78 is 30.4. The van der Waals surface area contributed by atoms with Crippen LogP contribution in [-0.2, 0) is 9.47 Å². The van der Waals surface area contributed by atoms with Crippen LogP contribution in [0.15, 0.2) is 48.5 Å². The molecular weight excluding hydrogens is 361 g/mol. The summed E-state index contributed by atoms with van der Waals surface area (Å²) in [5.74, 6) is 0.634. The summed E-state index contributed by atoms with van der Waals surface area (Å²) in [5, 5.41) is 0. The van der Waals surface area contributed by atoms with Gasteiger partial charge in [0.15, 0.2) is 6.10 Å². The van der Waals surface area contributed by atoms with Crippen LogP contribution in [0.3, 0.4) is 0 Å². The zero-order chi connectivity index (χ0) is 19.5. The second-order valence-electron chi connectivity index (χ2n) is 7.37. The highest BCUT2D eigenvalue weighted by Crippen LogP contribution is 2.32. The molecule has 0 N–H and O–H groups in total. The number of fused-ring (bicyclic) bond motifs is 3. The van der Waals surface area contributed by atoms with Crippen molar-refractivity contribution in [2.75, 3.05) is 26.7 Å². The van der Waals surface area contributed by atoms with E-state index in [1.807, 2.05) is 12.1 Å². The Morgan fingerprint density at radius 3 is 2.46 bits per heavy atom. The molecule has 0 saturated carbocycles. The Labute approximate surface area is 164 Å². The van der Waals surface area contributed by atoms with Gasteiger partial charge < -0.3 is 14.2 Å². The molecule has 2 aromatic carbocycles. The minimum Gasteiger partial charge on any atom is -0.497 e. The van der Waals surface area contributed by atoms with Crippen molar-refractivity contribution in [3.05, 3.63) is 65.5 Å². The lowest BCUT2D eigenvalue weighted by molar-refractivity contribution is -0.0642. The molecule has 2 aromatic rings. The molecule has 3 heterocycles. The second-order valence-corrected chi connectivity index (χ2v) is 7.37. The average Bonchev–Trinajstić information content (AvgIpc) is 2.73. The summed E-state index contributed by atoms with van der Waals surface area (Å²) in [7, 11) is 1.57. The van der Waals surface area contributed by atoms with Gasteiger partial charge in [0.1, 0.15) is 17.7 Å². The smallest absolute Gasteiger partial charge is 0.497 e. The fraction of sp³-hybridized carbons (Fsp3) is 0.409. The maximum atomic E-state index is 13.8. The minimum atomic E-state index is -0.778. The number of halogens is 1. The minimum absolute atomic E-state index is 0.145. The van der Waals surface area contributed by atoms with E-state index in [-0.39, 0.29) is 11.9 Å². The van der Waals surface area contributed by atoms with Crippen molar-refractivity contribution in [1.29, 1.82) is 0 Å². The maximum Gasteiger partial charge on any atom is 0.509 e. The molecule has 3 saturated heterocycles. The van der Waals surface area contributed by atoms with Gasteiger partial charge in [0.2, 0.25) is 0 Å². The van der Waals surface area contributed by atoms with Crippen LogP contribution in [0.25, 0.3) is 0 Å². The average molecular weight is 385 g/mol. The number of rotatable bonds is 5. The van der Waals surface area contributed by atoms with E-state index in [1.165, 1.54) is 12.1 Å². The molecule has 2 atom stereocenters. The highest BCUT2D eigenvalue weighted by molar-refractivity contribution is 5.61. The molecule has 1 unspecified atom stereocenters. The van der Waals surface area contributed by atoms with Gasteiger partial charge in [0.25, 0.3) is 0 Å². The first-order valence-corrected chi connectivity index (χ1v) is 9.61. The van der Waals surface area contributed by atoms with E-state index in [1.54, 1.807) is 31.4 Å². The van der Waals surface area contributed by atoms with Crippen LogP contribution in [0, 0.1) is 11.7 Å². The first kappa shape index (κ1) is 18.7. The third kappa shape index (κ3) is 4.12. The number of carbonyl (C=O) groups excluding carboxylic acids is 1. The fourth-order valence-corrected chi connectivity index (χ4v) is 4.09. The molecule has 0 spiro atoms. The van der Waals surface area contributed by atoms with Gasteiger partial charge in [-0.15, -0.1) is 0 Å². The lowest BCUT2D eigenvalue weighted by atomic mass is 9.86. The van der Waals surface area contributed by atoms with E-state index in [4.69, 9.17) is 14.2 Å². The lowest BCUT2D eigenvalue weighted by Gasteiger charge is -2.43. The van der Waals surface area contributed by atoms with Gasteiger partial charge in [-0.25, -0.2) is 9.18 Å². The Morgan fingerprint density at radius 1 is 1.11 bits per heavy atom. The fourth-order valence-electron chi connectivity index (χ4n) is 4.09.